The highest BCUT2D eigenvalue weighted by Crippen LogP contribution is 2.41. The van der Waals surface area contributed by atoms with Gasteiger partial charge in [0.1, 0.15) is 6.04 Å². The first-order valence-corrected chi connectivity index (χ1v) is 10.9. The number of carbonyl (C=O) groups is 2. The summed E-state index contributed by atoms with van der Waals surface area (Å²) >= 11 is 0. The number of aryl methyl sites for hydroxylation is 1. The van der Waals surface area contributed by atoms with Gasteiger partial charge in [-0.3, -0.25) is 9.59 Å². The van der Waals surface area contributed by atoms with Gasteiger partial charge in [0.05, 0.1) is 0 Å². The van der Waals surface area contributed by atoms with Crippen LogP contribution in [0.2, 0.25) is 0 Å². The molecule has 27 heavy (non-hydrogen) atoms. The molecule has 2 unspecified atom stereocenters. The van der Waals surface area contributed by atoms with Crippen molar-refractivity contribution >= 4 is 11.8 Å². The van der Waals surface area contributed by atoms with E-state index in [4.69, 9.17) is 0 Å². The van der Waals surface area contributed by atoms with Gasteiger partial charge in [-0.2, -0.15) is 0 Å². The van der Waals surface area contributed by atoms with Crippen LogP contribution < -0.4 is 0 Å². The maximum absolute atomic E-state index is 13.2. The van der Waals surface area contributed by atoms with Crippen molar-refractivity contribution in [1.29, 1.82) is 0 Å². The van der Waals surface area contributed by atoms with Gasteiger partial charge in [-0.1, -0.05) is 43.2 Å². The molecule has 3 atom stereocenters. The smallest absolute Gasteiger partial charge is 0.245 e. The fraction of sp³-hybridized carbons (Fsp3) is 0.652. The molecule has 146 valence electrons. The van der Waals surface area contributed by atoms with Crippen molar-refractivity contribution in [2.75, 3.05) is 13.1 Å². The van der Waals surface area contributed by atoms with Crippen LogP contribution in [0.25, 0.3) is 0 Å². The zero-order chi connectivity index (χ0) is 18.6. The maximum atomic E-state index is 13.2. The lowest BCUT2D eigenvalue weighted by Gasteiger charge is -2.34. The zero-order valence-electron chi connectivity index (χ0n) is 16.3. The van der Waals surface area contributed by atoms with Gasteiger partial charge in [0.15, 0.2) is 0 Å². The molecule has 2 amide bonds. The predicted molar refractivity (Wildman–Crippen MR) is 106 cm³/mol. The quantitative estimate of drug-likeness (QED) is 0.793. The molecule has 3 fully saturated rings. The molecular formula is C23H32N2O2. The number of fused-ring (bicyclic) bond motifs is 1. The molecule has 2 aliphatic heterocycles. The molecular weight excluding hydrogens is 336 g/mol. The lowest BCUT2D eigenvalue weighted by Crippen LogP contribution is -2.50. The van der Waals surface area contributed by atoms with Gasteiger partial charge in [-0.25, -0.2) is 0 Å². The lowest BCUT2D eigenvalue weighted by molar-refractivity contribution is -0.145. The molecule has 4 rings (SSSR count). The molecule has 0 aromatic heterocycles. The second-order valence-corrected chi connectivity index (χ2v) is 8.54. The molecule has 0 spiro atoms. The number of rotatable bonds is 5. The Morgan fingerprint density at radius 2 is 1.70 bits per heavy atom. The minimum absolute atomic E-state index is 0.194. The van der Waals surface area contributed by atoms with E-state index in [1.54, 1.807) is 0 Å². The van der Waals surface area contributed by atoms with Gasteiger partial charge < -0.3 is 9.80 Å². The molecule has 2 saturated heterocycles. The first-order valence-electron chi connectivity index (χ1n) is 10.9. The third-order valence-corrected chi connectivity index (χ3v) is 6.78. The normalized spacial score (nSPS) is 27.6. The standard InChI is InChI=1S/C23H32N2O2/c26-22(14-8-11-18-9-2-1-3-10-18)25-20-13-5-4-12-19(20)17-21(25)23(27)24-15-6-7-16-24/h1-3,9-10,19-21H,4-8,11-17H2/t19?,20-,21?/m0/s1. The number of hydrogen-bond donors (Lipinski definition) is 0. The van der Waals surface area contributed by atoms with Crippen molar-refractivity contribution in [1.82, 2.24) is 9.80 Å². The predicted octanol–water partition coefficient (Wildman–Crippen LogP) is 3.79. The van der Waals surface area contributed by atoms with Crippen LogP contribution in [-0.2, 0) is 16.0 Å². The van der Waals surface area contributed by atoms with Crippen LogP contribution in [0.4, 0.5) is 0 Å². The Kier molecular flexibility index (Phi) is 5.80. The van der Waals surface area contributed by atoms with Gasteiger partial charge in [0, 0.05) is 25.6 Å². The van der Waals surface area contributed by atoms with Crippen molar-refractivity contribution in [3.63, 3.8) is 0 Å². The minimum atomic E-state index is -0.194. The average molecular weight is 369 g/mol. The third kappa shape index (κ3) is 4.04. The average Bonchev–Trinajstić information content (AvgIpc) is 3.36. The summed E-state index contributed by atoms with van der Waals surface area (Å²) in [6, 6.07) is 10.5. The molecule has 4 nitrogen and oxygen atoms in total. The summed E-state index contributed by atoms with van der Waals surface area (Å²) in [5.74, 6) is 0.963. The van der Waals surface area contributed by atoms with Crippen LogP contribution in [0.5, 0.6) is 0 Å². The first kappa shape index (κ1) is 18.5. The van der Waals surface area contributed by atoms with Gasteiger partial charge in [0.25, 0.3) is 0 Å². The van der Waals surface area contributed by atoms with E-state index < -0.39 is 0 Å². The highest BCUT2D eigenvalue weighted by molar-refractivity contribution is 5.89. The van der Waals surface area contributed by atoms with E-state index in [0.717, 1.165) is 51.6 Å². The second kappa shape index (κ2) is 8.45. The maximum Gasteiger partial charge on any atom is 0.245 e. The zero-order valence-corrected chi connectivity index (χ0v) is 16.3. The minimum Gasteiger partial charge on any atom is -0.341 e. The van der Waals surface area contributed by atoms with Gasteiger partial charge in [0.2, 0.25) is 11.8 Å². The number of hydrogen-bond acceptors (Lipinski definition) is 2. The molecule has 3 aliphatic rings. The highest BCUT2D eigenvalue weighted by atomic mass is 16.2. The van der Waals surface area contributed by atoms with Crippen LogP contribution in [0.1, 0.15) is 63.4 Å². The first-order chi connectivity index (χ1) is 13.2. The Balaban J connectivity index is 1.42. The molecule has 1 aromatic carbocycles. The van der Waals surface area contributed by atoms with E-state index in [1.165, 1.54) is 24.8 Å². The van der Waals surface area contributed by atoms with E-state index in [2.05, 4.69) is 24.3 Å². The monoisotopic (exact) mass is 368 g/mol. The molecule has 1 aromatic rings. The van der Waals surface area contributed by atoms with Crippen LogP contribution in [0, 0.1) is 5.92 Å². The molecule has 4 heteroatoms. The number of amides is 2. The number of likely N-dealkylation sites (tertiary alicyclic amines) is 2. The molecule has 0 bridgehead atoms. The molecule has 0 N–H and O–H groups in total. The molecule has 2 heterocycles. The fourth-order valence-electron chi connectivity index (χ4n) is 5.41. The second-order valence-electron chi connectivity index (χ2n) is 8.54. The van der Waals surface area contributed by atoms with Crippen molar-refractivity contribution in [2.24, 2.45) is 5.92 Å². The van der Waals surface area contributed by atoms with Gasteiger partial charge in [-0.15, -0.1) is 0 Å². The van der Waals surface area contributed by atoms with Crippen molar-refractivity contribution < 1.29 is 9.59 Å². The summed E-state index contributed by atoms with van der Waals surface area (Å²) in [7, 11) is 0. The summed E-state index contributed by atoms with van der Waals surface area (Å²) < 4.78 is 0. The highest BCUT2D eigenvalue weighted by Gasteiger charge is 2.48. The molecule has 1 saturated carbocycles. The Hall–Kier alpha value is -1.84. The summed E-state index contributed by atoms with van der Waals surface area (Å²) in [5, 5.41) is 0. The third-order valence-electron chi connectivity index (χ3n) is 6.78. The van der Waals surface area contributed by atoms with Crippen LogP contribution >= 0.6 is 0 Å². The van der Waals surface area contributed by atoms with Crippen molar-refractivity contribution in [3.8, 4) is 0 Å². The largest absolute Gasteiger partial charge is 0.341 e. The van der Waals surface area contributed by atoms with Gasteiger partial charge >= 0.3 is 0 Å². The molecule has 1 aliphatic carbocycles. The van der Waals surface area contributed by atoms with E-state index in [0.29, 0.717) is 18.4 Å². The number of benzene rings is 1. The van der Waals surface area contributed by atoms with Crippen LogP contribution in [0.15, 0.2) is 30.3 Å². The Morgan fingerprint density at radius 1 is 0.963 bits per heavy atom. The number of carbonyl (C=O) groups excluding carboxylic acids is 2. The Bertz CT molecular complexity index is 654. The van der Waals surface area contributed by atoms with Crippen molar-refractivity contribution in [3.05, 3.63) is 35.9 Å². The summed E-state index contributed by atoms with van der Waals surface area (Å²) in [6.07, 6.45) is 10.2. The van der Waals surface area contributed by atoms with E-state index in [9.17, 15) is 9.59 Å². The van der Waals surface area contributed by atoms with Crippen molar-refractivity contribution in [2.45, 2.75) is 76.3 Å². The number of nitrogens with zero attached hydrogens (tertiary/aromatic N) is 2. The van der Waals surface area contributed by atoms with E-state index in [-0.39, 0.29) is 17.9 Å². The topological polar surface area (TPSA) is 40.6 Å². The van der Waals surface area contributed by atoms with Crippen LogP contribution in [0.3, 0.4) is 0 Å². The summed E-state index contributed by atoms with van der Waals surface area (Å²) in [6.45, 7) is 1.75. The fourth-order valence-corrected chi connectivity index (χ4v) is 5.41. The van der Waals surface area contributed by atoms with Crippen LogP contribution in [-0.4, -0.2) is 46.8 Å². The van der Waals surface area contributed by atoms with E-state index in [1.807, 2.05) is 15.9 Å². The van der Waals surface area contributed by atoms with Gasteiger partial charge in [-0.05, 0) is 56.4 Å². The Labute approximate surface area is 162 Å². The summed E-state index contributed by atoms with van der Waals surface area (Å²) in [4.78, 5) is 30.4. The SMILES string of the molecule is O=C(C1CC2CCCC[C@@H]2N1C(=O)CCCc1ccccc1)N1CCCC1. The Morgan fingerprint density at radius 3 is 2.48 bits per heavy atom. The molecule has 0 radical (unpaired) electrons. The lowest BCUT2D eigenvalue weighted by atomic mass is 9.84. The van der Waals surface area contributed by atoms with E-state index >= 15 is 0 Å². The summed E-state index contributed by atoms with van der Waals surface area (Å²) in [5.41, 5.74) is 1.28.